The topological polar surface area (TPSA) is 66.0 Å². The van der Waals surface area contributed by atoms with Crippen molar-refractivity contribution in [1.29, 1.82) is 0 Å². The molecule has 2 heterocycles. The van der Waals surface area contributed by atoms with E-state index in [1.807, 2.05) is 17.6 Å². The van der Waals surface area contributed by atoms with Crippen LogP contribution in [0.15, 0.2) is 12.3 Å². The smallest absolute Gasteiger partial charge is 0.202 e. The quantitative estimate of drug-likeness (QED) is 0.916. The molecule has 0 saturated heterocycles. The summed E-state index contributed by atoms with van der Waals surface area (Å²) in [5.74, 6) is 0.520. The third kappa shape index (κ3) is 2.42. The van der Waals surface area contributed by atoms with Crippen LogP contribution in [0.4, 0.5) is 5.95 Å². The summed E-state index contributed by atoms with van der Waals surface area (Å²) >= 11 is 0. The van der Waals surface area contributed by atoms with Crippen molar-refractivity contribution in [2.24, 2.45) is 0 Å². The second-order valence-electron chi connectivity index (χ2n) is 5.20. The molecule has 5 heteroatoms. The largest absolute Gasteiger partial charge is 0.376 e. The predicted octanol–water partition coefficient (Wildman–Crippen LogP) is 2.28. The van der Waals surface area contributed by atoms with Gasteiger partial charge in [-0.2, -0.15) is 0 Å². The lowest BCUT2D eigenvalue weighted by molar-refractivity contribution is 0.0536. The van der Waals surface area contributed by atoms with Gasteiger partial charge in [-0.25, -0.2) is 9.97 Å². The van der Waals surface area contributed by atoms with Crippen molar-refractivity contribution in [1.82, 2.24) is 14.5 Å². The van der Waals surface area contributed by atoms with Crippen LogP contribution in [0.25, 0.3) is 11.2 Å². The maximum atomic E-state index is 5.97. The zero-order valence-electron chi connectivity index (χ0n) is 11.3. The summed E-state index contributed by atoms with van der Waals surface area (Å²) in [7, 11) is 0. The zero-order chi connectivity index (χ0) is 13.2. The van der Waals surface area contributed by atoms with Gasteiger partial charge in [-0.05, 0) is 31.4 Å². The number of anilines is 1. The van der Waals surface area contributed by atoms with E-state index in [2.05, 4.69) is 9.97 Å². The van der Waals surface area contributed by atoms with Crippen LogP contribution >= 0.6 is 0 Å². The standard InChI is InChI=1S/C14H20N4O/c1-10-6-7-16-13-12(10)17-14(15)18(13)8-9-19-11-4-2-3-5-11/h6-7,11H,2-5,8-9H2,1H3,(H2,15,17). The lowest BCUT2D eigenvalue weighted by atomic mass is 10.3. The molecule has 0 spiro atoms. The molecular weight excluding hydrogens is 240 g/mol. The summed E-state index contributed by atoms with van der Waals surface area (Å²) in [6.07, 6.45) is 7.20. The van der Waals surface area contributed by atoms with Gasteiger partial charge in [-0.1, -0.05) is 12.8 Å². The Kier molecular flexibility index (Phi) is 3.38. The van der Waals surface area contributed by atoms with Gasteiger partial charge >= 0.3 is 0 Å². The SMILES string of the molecule is Cc1ccnc2c1nc(N)n2CCOC1CCCC1. The van der Waals surface area contributed by atoms with Crippen molar-refractivity contribution in [2.75, 3.05) is 12.3 Å². The summed E-state index contributed by atoms with van der Waals surface area (Å²) in [5, 5.41) is 0. The van der Waals surface area contributed by atoms with E-state index in [4.69, 9.17) is 10.5 Å². The van der Waals surface area contributed by atoms with Gasteiger partial charge in [0.25, 0.3) is 0 Å². The molecule has 102 valence electrons. The molecule has 1 saturated carbocycles. The Morgan fingerprint density at radius 1 is 1.42 bits per heavy atom. The fraction of sp³-hybridized carbons (Fsp3) is 0.571. The number of ether oxygens (including phenoxy) is 1. The molecule has 0 aromatic carbocycles. The molecule has 19 heavy (non-hydrogen) atoms. The van der Waals surface area contributed by atoms with Crippen molar-refractivity contribution in [2.45, 2.75) is 45.3 Å². The van der Waals surface area contributed by atoms with Crippen LogP contribution in [0.3, 0.4) is 0 Å². The van der Waals surface area contributed by atoms with E-state index in [0.29, 0.717) is 18.7 Å². The number of nitrogens with two attached hydrogens (primary N) is 1. The van der Waals surface area contributed by atoms with Gasteiger partial charge in [0.05, 0.1) is 19.3 Å². The highest BCUT2D eigenvalue weighted by Crippen LogP contribution is 2.22. The van der Waals surface area contributed by atoms with Crippen LogP contribution < -0.4 is 5.73 Å². The first-order valence-corrected chi connectivity index (χ1v) is 6.94. The lowest BCUT2D eigenvalue weighted by Crippen LogP contribution is -2.14. The molecule has 3 rings (SSSR count). The molecule has 1 fully saturated rings. The number of rotatable bonds is 4. The number of nitrogens with zero attached hydrogens (tertiary/aromatic N) is 3. The maximum Gasteiger partial charge on any atom is 0.202 e. The van der Waals surface area contributed by atoms with Gasteiger partial charge in [-0.3, -0.25) is 4.57 Å². The molecule has 0 aliphatic heterocycles. The van der Waals surface area contributed by atoms with E-state index in [1.165, 1.54) is 25.7 Å². The van der Waals surface area contributed by atoms with Crippen LogP contribution in [-0.2, 0) is 11.3 Å². The first-order valence-electron chi connectivity index (χ1n) is 6.94. The van der Waals surface area contributed by atoms with Gasteiger partial charge in [0.2, 0.25) is 5.95 Å². The number of nitrogen functional groups attached to an aromatic ring is 1. The Morgan fingerprint density at radius 3 is 3.00 bits per heavy atom. The van der Waals surface area contributed by atoms with E-state index < -0.39 is 0 Å². The monoisotopic (exact) mass is 260 g/mol. The van der Waals surface area contributed by atoms with Crippen LogP contribution in [-0.4, -0.2) is 27.2 Å². The van der Waals surface area contributed by atoms with Crippen molar-refractivity contribution in [3.8, 4) is 0 Å². The van der Waals surface area contributed by atoms with Crippen LogP contribution in [0, 0.1) is 6.92 Å². The van der Waals surface area contributed by atoms with Gasteiger partial charge < -0.3 is 10.5 Å². The molecule has 0 atom stereocenters. The van der Waals surface area contributed by atoms with Crippen LogP contribution in [0.1, 0.15) is 31.2 Å². The fourth-order valence-electron chi connectivity index (χ4n) is 2.74. The normalized spacial score (nSPS) is 16.5. The number of aromatic nitrogens is 3. The molecule has 2 aromatic heterocycles. The number of hydrogen-bond acceptors (Lipinski definition) is 4. The number of imidazole rings is 1. The minimum absolute atomic E-state index is 0.436. The van der Waals surface area contributed by atoms with E-state index in [-0.39, 0.29) is 0 Å². The molecule has 0 unspecified atom stereocenters. The first kappa shape index (κ1) is 12.4. The third-order valence-electron chi connectivity index (χ3n) is 3.84. The Bertz CT molecular complexity index is 572. The number of pyridine rings is 1. The molecule has 0 bridgehead atoms. The molecule has 1 aliphatic carbocycles. The van der Waals surface area contributed by atoms with E-state index in [9.17, 15) is 0 Å². The Labute approximate surface area is 112 Å². The summed E-state index contributed by atoms with van der Waals surface area (Å²) in [5.41, 5.74) is 8.82. The van der Waals surface area contributed by atoms with Gasteiger partial charge in [-0.15, -0.1) is 0 Å². The molecule has 0 amide bonds. The second-order valence-corrected chi connectivity index (χ2v) is 5.20. The van der Waals surface area contributed by atoms with Crippen molar-refractivity contribution in [3.63, 3.8) is 0 Å². The second kappa shape index (κ2) is 5.17. The van der Waals surface area contributed by atoms with Crippen LogP contribution in [0.2, 0.25) is 0 Å². The van der Waals surface area contributed by atoms with Gasteiger partial charge in [0.1, 0.15) is 5.52 Å². The molecule has 2 N–H and O–H groups in total. The van der Waals surface area contributed by atoms with E-state index >= 15 is 0 Å². The van der Waals surface area contributed by atoms with Gasteiger partial charge in [0.15, 0.2) is 5.65 Å². The summed E-state index contributed by atoms with van der Waals surface area (Å²) < 4.78 is 7.82. The molecule has 5 nitrogen and oxygen atoms in total. The fourth-order valence-corrected chi connectivity index (χ4v) is 2.74. The molecule has 1 aliphatic rings. The number of aryl methyl sites for hydroxylation is 1. The average Bonchev–Trinajstić information content (AvgIpc) is 3.00. The number of hydrogen-bond donors (Lipinski definition) is 1. The third-order valence-corrected chi connectivity index (χ3v) is 3.84. The van der Waals surface area contributed by atoms with E-state index in [1.54, 1.807) is 6.20 Å². The van der Waals surface area contributed by atoms with Gasteiger partial charge in [0, 0.05) is 6.20 Å². The lowest BCUT2D eigenvalue weighted by Gasteiger charge is -2.12. The molecular formula is C14H20N4O. The van der Waals surface area contributed by atoms with Crippen LogP contribution in [0.5, 0.6) is 0 Å². The highest BCUT2D eigenvalue weighted by atomic mass is 16.5. The number of fused-ring (bicyclic) bond motifs is 1. The molecule has 0 radical (unpaired) electrons. The van der Waals surface area contributed by atoms with E-state index in [0.717, 1.165) is 23.3 Å². The average molecular weight is 260 g/mol. The van der Waals surface area contributed by atoms with Crippen molar-refractivity contribution in [3.05, 3.63) is 17.8 Å². The maximum absolute atomic E-state index is 5.97. The minimum Gasteiger partial charge on any atom is -0.376 e. The Hall–Kier alpha value is -1.62. The summed E-state index contributed by atoms with van der Waals surface area (Å²) in [4.78, 5) is 8.76. The Balaban J connectivity index is 1.73. The first-order chi connectivity index (χ1) is 9.25. The summed E-state index contributed by atoms with van der Waals surface area (Å²) in [6.45, 7) is 3.42. The molecule has 2 aromatic rings. The highest BCUT2D eigenvalue weighted by molar-refractivity contribution is 5.77. The summed E-state index contributed by atoms with van der Waals surface area (Å²) in [6, 6.07) is 1.95. The minimum atomic E-state index is 0.436. The van der Waals surface area contributed by atoms with Crippen molar-refractivity contribution < 1.29 is 4.74 Å². The Morgan fingerprint density at radius 2 is 2.21 bits per heavy atom. The highest BCUT2D eigenvalue weighted by Gasteiger charge is 2.16. The zero-order valence-corrected chi connectivity index (χ0v) is 11.3. The van der Waals surface area contributed by atoms with Crippen molar-refractivity contribution >= 4 is 17.1 Å². The predicted molar refractivity (Wildman–Crippen MR) is 74.9 cm³/mol.